The van der Waals surface area contributed by atoms with E-state index < -0.39 is 5.60 Å². The molecule has 0 aromatic carbocycles. The van der Waals surface area contributed by atoms with E-state index in [0.717, 1.165) is 25.9 Å². The summed E-state index contributed by atoms with van der Waals surface area (Å²) in [6, 6.07) is 0. The van der Waals surface area contributed by atoms with Gasteiger partial charge in [0.2, 0.25) is 0 Å². The summed E-state index contributed by atoms with van der Waals surface area (Å²) in [5.41, 5.74) is -0.456. The van der Waals surface area contributed by atoms with Crippen LogP contribution in [0.4, 0.5) is 4.79 Å². The molecule has 1 saturated heterocycles. The number of amides is 1. The fraction of sp³-hybridized carbons (Fsp3) is 0.867. The first kappa shape index (κ1) is 17.8. The summed E-state index contributed by atoms with van der Waals surface area (Å²) in [5, 5.41) is 3.25. The number of likely N-dealkylation sites (tertiary alicyclic amines) is 1. The highest BCUT2D eigenvalue weighted by atomic mass is 16.6. The molecule has 1 N–H and O–H groups in total. The van der Waals surface area contributed by atoms with Crippen LogP contribution in [0.1, 0.15) is 40.0 Å². The summed E-state index contributed by atoms with van der Waals surface area (Å²) < 4.78 is 9.99. The van der Waals surface area contributed by atoms with E-state index in [1.165, 1.54) is 7.11 Å². The third-order valence-electron chi connectivity index (χ3n) is 3.34. The Balaban J connectivity index is 2.28. The van der Waals surface area contributed by atoms with Crippen LogP contribution in [0.15, 0.2) is 0 Å². The Labute approximate surface area is 127 Å². The predicted molar refractivity (Wildman–Crippen MR) is 80.0 cm³/mol. The standard InChI is InChI=1S/C15H28N2O4/c1-15(2,3)21-14(19)17-9-5-6-12(11-17)10-16-8-7-13(18)20-4/h12,16H,5-11H2,1-4H3. The highest BCUT2D eigenvalue weighted by Gasteiger charge is 2.27. The molecule has 0 aromatic heterocycles. The Kier molecular flexibility index (Phi) is 6.95. The molecule has 1 rings (SSSR count). The SMILES string of the molecule is COC(=O)CCNCC1CCCN(C(=O)OC(C)(C)C)C1. The van der Waals surface area contributed by atoms with Crippen LogP contribution in [0.2, 0.25) is 0 Å². The monoisotopic (exact) mass is 300 g/mol. The first-order valence-electron chi connectivity index (χ1n) is 7.57. The van der Waals surface area contributed by atoms with E-state index in [0.29, 0.717) is 25.4 Å². The highest BCUT2D eigenvalue weighted by molar-refractivity contribution is 5.69. The number of ether oxygens (including phenoxy) is 2. The van der Waals surface area contributed by atoms with Crippen LogP contribution in [-0.4, -0.2) is 55.9 Å². The lowest BCUT2D eigenvalue weighted by molar-refractivity contribution is -0.140. The number of esters is 1. The fourth-order valence-electron chi connectivity index (χ4n) is 2.32. The molecule has 0 radical (unpaired) electrons. The summed E-state index contributed by atoms with van der Waals surface area (Å²) in [5.74, 6) is 0.199. The normalized spacial score (nSPS) is 19.2. The van der Waals surface area contributed by atoms with Crippen molar-refractivity contribution < 1.29 is 19.1 Å². The maximum atomic E-state index is 12.0. The second-order valence-electron chi connectivity index (χ2n) is 6.46. The van der Waals surface area contributed by atoms with Crippen molar-refractivity contribution in [2.24, 2.45) is 5.92 Å². The van der Waals surface area contributed by atoms with Crippen LogP contribution in [-0.2, 0) is 14.3 Å². The molecular formula is C15H28N2O4. The number of hydrogen-bond acceptors (Lipinski definition) is 5. The van der Waals surface area contributed by atoms with Crippen molar-refractivity contribution in [2.75, 3.05) is 33.3 Å². The van der Waals surface area contributed by atoms with Gasteiger partial charge < -0.3 is 19.7 Å². The number of piperidine rings is 1. The second-order valence-corrected chi connectivity index (χ2v) is 6.46. The number of rotatable bonds is 5. The molecule has 122 valence electrons. The molecule has 21 heavy (non-hydrogen) atoms. The summed E-state index contributed by atoms with van der Waals surface area (Å²) in [6.07, 6.45) is 2.22. The van der Waals surface area contributed by atoms with Crippen molar-refractivity contribution in [3.63, 3.8) is 0 Å². The van der Waals surface area contributed by atoms with E-state index in [2.05, 4.69) is 10.1 Å². The van der Waals surface area contributed by atoms with Gasteiger partial charge in [-0.3, -0.25) is 4.79 Å². The zero-order valence-electron chi connectivity index (χ0n) is 13.6. The van der Waals surface area contributed by atoms with Gasteiger partial charge in [0.25, 0.3) is 0 Å². The lowest BCUT2D eigenvalue weighted by Crippen LogP contribution is -2.45. The Morgan fingerprint density at radius 3 is 2.67 bits per heavy atom. The molecule has 1 aliphatic heterocycles. The first-order valence-corrected chi connectivity index (χ1v) is 7.57. The molecule has 1 unspecified atom stereocenters. The molecule has 0 aromatic rings. The summed E-state index contributed by atoms with van der Waals surface area (Å²) in [7, 11) is 1.39. The Hall–Kier alpha value is -1.30. The van der Waals surface area contributed by atoms with Gasteiger partial charge in [-0.2, -0.15) is 0 Å². The molecule has 6 nitrogen and oxygen atoms in total. The van der Waals surface area contributed by atoms with Gasteiger partial charge in [0, 0.05) is 19.6 Å². The van der Waals surface area contributed by atoms with Crippen molar-refractivity contribution in [3.05, 3.63) is 0 Å². The van der Waals surface area contributed by atoms with Crippen LogP contribution in [0.25, 0.3) is 0 Å². The van der Waals surface area contributed by atoms with Gasteiger partial charge >= 0.3 is 12.1 Å². The number of nitrogens with zero attached hydrogens (tertiary/aromatic N) is 1. The molecular weight excluding hydrogens is 272 g/mol. The van der Waals surface area contributed by atoms with Crippen molar-refractivity contribution in [1.29, 1.82) is 0 Å². The minimum atomic E-state index is -0.456. The van der Waals surface area contributed by atoms with Crippen LogP contribution in [0.5, 0.6) is 0 Å². The number of carbonyl (C=O) groups excluding carboxylic acids is 2. The van der Waals surface area contributed by atoms with E-state index in [9.17, 15) is 9.59 Å². The molecule has 0 spiro atoms. The van der Waals surface area contributed by atoms with Gasteiger partial charge in [0.05, 0.1) is 13.5 Å². The smallest absolute Gasteiger partial charge is 0.410 e. The van der Waals surface area contributed by atoms with E-state index >= 15 is 0 Å². The van der Waals surface area contributed by atoms with Crippen molar-refractivity contribution in [3.8, 4) is 0 Å². The molecule has 0 bridgehead atoms. The Bertz CT molecular complexity index is 352. The minimum absolute atomic E-state index is 0.207. The summed E-state index contributed by atoms with van der Waals surface area (Å²) in [6.45, 7) is 8.50. The largest absolute Gasteiger partial charge is 0.469 e. The van der Waals surface area contributed by atoms with Crippen LogP contribution in [0, 0.1) is 5.92 Å². The molecule has 0 aliphatic carbocycles. The predicted octanol–water partition coefficient (Wildman–Crippen LogP) is 1.79. The fourth-order valence-corrected chi connectivity index (χ4v) is 2.32. The van der Waals surface area contributed by atoms with E-state index in [-0.39, 0.29) is 12.1 Å². The van der Waals surface area contributed by atoms with Gasteiger partial charge in [-0.15, -0.1) is 0 Å². The van der Waals surface area contributed by atoms with Crippen LogP contribution >= 0.6 is 0 Å². The molecule has 1 fully saturated rings. The first-order chi connectivity index (χ1) is 9.81. The van der Waals surface area contributed by atoms with Gasteiger partial charge in [0.15, 0.2) is 0 Å². The van der Waals surface area contributed by atoms with E-state index in [4.69, 9.17) is 4.74 Å². The lowest BCUT2D eigenvalue weighted by atomic mass is 9.98. The van der Waals surface area contributed by atoms with Crippen molar-refractivity contribution in [2.45, 2.75) is 45.6 Å². The van der Waals surface area contributed by atoms with Gasteiger partial charge in [-0.25, -0.2) is 4.79 Å². The number of methoxy groups -OCH3 is 1. The molecule has 1 heterocycles. The van der Waals surface area contributed by atoms with E-state index in [1.54, 1.807) is 4.90 Å². The third-order valence-corrected chi connectivity index (χ3v) is 3.34. The van der Waals surface area contributed by atoms with Crippen molar-refractivity contribution in [1.82, 2.24) is 10.2 Å². The zero-order chi connectivity index (χ0) is 15.9. The molecule has 1 atom stereocenters. The maximum absolute atomic E-state index is 12.0. The molecule has 6 heteroatoms. The summed E-state index contributed by atoms with van der Waals surface area (Å²) in [4.78, 5) is 24.8. The quantitative estimate of drug-likeness (QED) is 0.619. The number of carbonyl (C=O) groups is 2. The number of nitrogens with one attached hydrogen (secondary N) is 1. The second kappa shape index (κ2) is 8.22. The topological polar surface area (TPSA) is 67.9 Å². The number of hydrogen-bond donors (Lipinski definition) is 1. The van der Waals surface area contributed by atoms with E-state index in [1.807, 2.05) is 20.8 Å². The molecule has 1 amide bonds. The zero-order valence-corrected chi connectivity index (χ0v) is 13.6. The maximum Gasteiger partial charge on any atom is 0.410 e. The van der Waals surface area contributed by atoms with Crippen molar-refractivity contribution >= 4 is 12.1 Å². The molecule has 1 aliphatic rings. The molecule has 0 saturated carbocycles. The van der Waals surface area contributed by atoms with Gasteiger partial charge in [-0.05, 0) is 46.1 Å². The third kappa shape index (κ3) is 7.32. The van der Waals surface area contributed by atoms with Gasteiger partial charge in [-0.1, -0.05) is 0 Å². The Morgan fingerprint density at radius 2 is 2.05 bits per heavy atom. The van der Waals surface area contributed by atoms with Crippen LogP contribution < -0.4 is 5.32 Å². The van der Waals surface area contributed by atoms with Gasteiger partial charge in [0.1, 0.15) is 5.60 Å². The average molecular weight is 300 g/mol. The Morgan fingerprint density at radius 1 is 1.33 bits per heavy atom. The van der Waals surface area contributed by atoms with Crippen LogP contribution in [0.3, 0.4) is 0 Å². The lowest BCUT2D eigenvalue weighted by Gasteiger charge is -2.34. The highest BCUT2D eigenvalue weighted by Crippen LogP contribution is 2.18. The summed E-state index contributed by atoms with van der Waals surface area (Å²) >= 11 is 0. The average Bonchev–Trinajstić information content (AvgIpc) is 2.41. The minimum Gasteiger partial charge on any atom is -0.469 e.